The number of benzene rings is 2. The molecule has 1 aliphatic rings. The Bertz CT molecular complexity index is 806. The van der Waals surface area contributed by atoms with Crippen LogP contribution in [0.5, 0.6) is 0 Å². The number of aromatic nitrogens is 2. The molecule has 3 nitrogen and oxygen atoms in total. The Morgan fingerprint density at radius 1 is 0.905 bits per heavy atom. The summed E-state index contributed by atoms with van der Waals surface area (Å²) < 4.78 is 0. The molecule has 0 amide bonds. The van der Waals surface area contributed by atoms with Crippen molar-refractivity contribution in [2.45, 2.75) is 13.3 Å². The van der Waals surface area contributed by atoms with E-state index in [9.17, 15) is 0 Å². The number of hydrogen-bond acceptors (Lipinski definition) is 3. The number of nitrogens with zero attached hydrogens (tertiary/aromatic N) is 3. The van der Waals surface area contributed by atoms with Crippen LogP contribution < -0.4 is 4.90 Å². The van der Waals surface area contributed by atoms with E-state index in [4.69, 9.17) is 9.97 Å². The summed E-state index contributed by atoms with van der Waals surface area (Å²) >= 11 is 0. The van der Waals surface area contributed by atoms with E-state index >= 15 is 0 Å². The molecule has 21 heavy (non-hydrogen) atoms. The summed E-state index contributed by atoms with van der Waals surface area (Å²) in [5.41, 5.74) is 3.35. The van der Waals surface area contributed by atoms with E-state index in [2.05, 4.69) is 48.2 Å². The third kappa shape index (κ3) is 2.05. The van der Waals surface area contributed by atoms with Crippen LogP contribution in [0.1, 0.15) is 12.0 Å². The Morgan fingerprint density at radius 2 is 1.67 bits per heavy atom. The largest absolute Gasteiger partial charge is 0.356 e. The van der Waals surface area contributed by atoms with Gasteiger partial charge in [0.15, 0.2) is 5.82 Å². The summed E-state index contributed by atoms with van der Waals surface area (Å²) in [6.07, 6.45) is 1.25. The van der Waals surface area contributed by atoms with Gasteiger partial charge in [-0.25, -0.2) is 9.97 Å². The number of rotatable bonds is 2. The Hall–Kier alpha value is -2.42. The SMILES string of the molecule is Cc1ccccc1-c1nc(N2CCC2)c2ccccc2n1. The van der Waals surface area contributed by atoms with Gasteiger partial charge in [-0.1, -0.05) is 36.4 Å². The van der Waals surface area contributed by atoms with E-state index in [0.29, 0.717) is 0 Å². The van der Waals surface area contributed by atoms with E-state index in [1.54, 1.807) is 0 Å². The molecule has 0 N–H and O–H groups in total. The van der Waals surface area contributed by atoms with Crippen molar-refractivity contribution >= 4 is 16.7 Å². The number of fused-ring (bicyclic) bond motifs is 1. The van der Waals surface area contributed by atoms with E-state index in [0.717, 1.165) is 41.2 Å². The first-order valence-corrected chi connectivity index (χ1v) is 7.41. The zero-order valence-corrected chi connectivity index (χ0v) is 12.1. The van der Waals surface area contributed by atoms with Crippen molar-refractivity contribution < 1.29 is 0 Å². The van der Waals surface area contributed by atoms with Crippen molar-refractivity contribution in [1.29, 1.82) is 0 Å². The molecule has 4 rings (SSSR count). The van der Waals surface area contributed by atoms with Gasteiger partial charge in [-0.05, 0) is 31.0 Å². The van der Waals surface area contributed by atoms with Crippen molar-refractivity contribution in [2.75, 3.05) is 18.0 Å². The Kier molecular flexibility index (Phi) is 2.85. The van der Waals surface area contributed by atoms with Gasteiger partial charge in [-0.3, -0.25) is 0 Å². The Morgan fingerprint density at radius 3 is 2.43 bits per heavy atom. The molecule has 0 aliphatic carbocycles. The molecule has 1 fully saturated rings. The molecule has 2 aromatic carbocycles. The fraction of sp³-hybridized carbons (Fsp3) is 0.222. The van der Waals surface area contributed by atoms with Crippen LogP contribution in [0.3, 0.4) is 0 Å². The minimum absolute atomic E-state index is 0.828. The lowest BCUT2D eigenvalue weighted by Crippen LogP contribution is -2.37. The monoisotopic (exact) mass is 275 g/mol. The van der Waals surface area contributed by atoms with Crippen LogP contribution in [-0.2, 0) is 0 Å². The standard InChI is InChI=1S/C18H17N3/c1-13-7-2-3-8-14(13)17-19-16-10-5-4-9-15(16)18(20-17)21-11-6-12-21/h2-5,7-10H,6,11-12H2,1H3. The number of aryl methyl sites for hydroxylation is 1. The third-order valence-electron chi connectivity index (χ3n) is 4.12. The fourth-order valence-electron chi connectivity index (χ4n) is 2.77. The number of para-hydroxylation sites is 1. The highest BCUT2D eigenvalue weighted by atomic mass is 15.2. The molecule has 3 aromatic rings. The van der Waals surface area contributed by atoms with Crippen LogP contribution in [-0.4, -0.2) is 23.1 Å². The maximum Gasteiger partial charge on any atom is 0.162 e. The molecule has 0 unspecified atom stereocenters. The lowest BCUT2D eigenvalue weighted by Gasteiger charge is -2.33. The highest BCUT2D eigenvalue weighted by Crippen LogP contribution is 2.30. The van der Waals surface area contributed by atoms with Gasteiger partial charge in [0.05, 0.1) is 5.52 Å². The highest BCUT2D eigenvalue weighted by Gasteiger charge is 2.20. The van der Waals surface area contributed by atoms with Gasteiger partial charge in [-0.15, -0.1) is 0 Å². The maximum absolute atomic E-state index is 4.87. The quantitative estimate of drug-likeness (QED) is 0.712. The predicted octanol–water partition coefficient (Wildman–Crippen LogP) is 3.82. The van der Waals surface area contributed by atoms with Crippen LogP contribution in [0.15, 0.2) is 48.5 Å². The summed E-state index contributed by atoms with van der Waals surface area (Å²) in [5.74, 6) is 1.90. The lowest BCUT2D eigenvalue weighted by atomic mass is 10.1. The van der Waals surface area contributed by atoms with Gasteiger partial charge >= 0.3 is 0 Å². The topological polar surface area (TPSA) is 29.0 Å². The Labute approximate surface area is 124 Å². The summed E-state index contributed by atoms with van der Waals surface area (Å²) in [6, 6.07) is 16.6. The van der Waals surface area contributed by atoms with Gasteiger partial charge in [0.25, 0.3) is 0 Å². The van der Waals surface area contributed by atoms with Crippen LogP contribution in [0, 0.1) is 6.92 Å². The number of hydrogen-bond donors (Lipinski definition) is 0. The van der Waals surface area contributed by atoms with Crippen molar-refractivity contribution in [1.82, 2.24) is 9.97 Å². The van der Waals surface area contributed by atoms with Crippen molar-refractivity contribution in [2.24, 2.45) is 0 Å². The molecular weight excluding hydrogens is 258 g/mol. The normalized spacial score (nSPS) is 14.2. The van der Waals surface area contributed by atoms with Crippen molar-refractivity contribution in [3.63, 3.8) is 0 Å². The van der Waals surface area contributed by atoms with Crippen LogP contribution in [0.2, 0.25) is 0 Å². The molecule has 0 saturated carbocycles. The Balaban J connectivity index is 1.96. The zero-order chi connectivity index (χ0) is 14.2. The number of anilines is 1. The zero-order valence-electron chi connectivity index (χ0n) is 12.1. The average molecular weight is 275 g/mol. The van der Waals surface area contributed by atoms with Gasteiger partial charge in [-0.2, -0.15) is 0 Å². The van der Waals surface area contributed by atoms with Gasteiger partial charge in [0.1, 0.15) is 5.82 Å². The third-order valence-corrected chi connectivity index (χ3v) is 4.12. The first-order valence-electron chi connectivity index (χ1n) is 7.41. The molecular formula is C18H17N3. The second kappa shape index (κ2) is 4.85. The smallest absolute Gasteiger partial charge is 0.162 e. The van der Waals surface area contributed by atoms with Crippen LogP contribution in [0.4, 0.5) is 5.82 Å². The molecule has 104 valence electrons. The summed E-state index contributed by atoms with van der Waals surface area (Å²) in [4.78, 5) is 12.0. The lowest BCUT2D eigenvalue weighted by molar-refractivity contribution is 0.612. The van der Waals surface area contributed by atoms with Gasteiger partial charge in [0, 0.05) is 24.0 Å². The molecule has 1 aromatic heterocycles. The highest BCUT2D eigenvalue weighted by molar-refractivity contribution is 5.91. The molecule has 0 spiro atoms. The first kappa shape index (κ1) is 12.3. The molecule has 2 heterocycles. The van der Waals surface area contributed by atoms with Gasteiger partial charge in [0.2, 0.25) is 0 Å². The first-order chi connectivity index (χ1) is 10.3. The molecule has 3 heteroatoms. The molecule has 1 saturated heterocycles. The van der Waals surface area contributed by atoms with Gasteiger partial charge < -0.3 is 4.90 Å². The minimum Gasteiger partial charge on any atom is -0.356 e. The van der Waals surface area contributed by atoms with E-state index < -0.39 is 0 Å². The predicted molar refractivity (Wildman–Crippen MR) is 86.5 cm³/mol. The van der Waals surface area contributed by atoms with E-state index in [1.165, 1.54) is 12.0 Å². The van der Waals surface area contributed by atoms with E-state index in [1.807, 2.05) is 12.1 Å². The van der Waals surface area contributed by atoms with Crippen LogP contribution in [0.25, 0.3) is 22.3 Å². The minimum atomic E-state index is 0.828. The second-order valence-electron chi connectivity index (χ2n) is 5.54. The maximum atomic E-state index is 4.87. The summed E-state index contributed by atoms with van der Waals surface area (Å²) in [7, 11) is 0. The van der Waals surface area contributed by atoms with E-state index in [-0.39, 0.29) is 0 Å². The molecule has 0 atom stereocenters. The molecule has 1 aliphatic heterocycles. The molecule has 0 bridgehead atoms. The van der Waals surface area contributed by atoms with Crippen molar-refractivity contribution in [3.05, 3.63) is 54.1 Å². The molecule has 0 radical (unpaired) electrons. The average Bonchev–Trinajstić information content (AvgIpc) is 2.46. The second-order valence-corrected chi connectivity index (χ2v) is 5.54. The summed E-state index contributed by atoms with van der Waals surface area (Å²) in [5, 5.41) is 1.15. The summed E-state index contributed by atoms with van der Waals surface area (Å²) in [6.45, 7) is 4.29. The van der Waals surface area contributed by atoms with Crippen molar-refractivity contribution in [3.8, 4) is 11.4 Å². The fourth-order valence-corrected chi connectivity index (χ4v) is 2.77. The van der Waals surface area contributed by atoms with Crippen LogP contribution >= 0.6 is 0 Å².